The van der Waals surface area contributed by atoms with Gasteiger partial charge in [0.15, 0.2) is 0 Å². The summed E-state index contributed by atoms with van der Waals surface area (Å²) in [6.07, 6.45) is 3.55. The normalized spacial score (nSPS) is 10.2. The fourth-order valence-electron chi connectivity index (χ4n) is 1.23. The molecule has 0 bridgehead atoms. The standard InChI is InChI=1S/C12H17S/c1-2-10-13-11-6-9-12-7-4-3-5-8-12/h3-5,7-8H,1-2,6,9-11H2. The molecule has 0 saturated heterocycles. The van der Waals surface area contributed by atoms with Gasteiger partial charge < -0.3 is 0 Å². The summed E-state index contributed by atoms with van der Waals surface area (Å²) in [5, 5.41) is 0. The van der Waals surface area contributed by atoms with Crippen LogP contribution < -0.4 is 0 Å². The molecule has 0 N–H and O–H groups in total. The van der Waals surface area contributed by atoms with E-state index < -0.39 is 0 Å². The molecule has 0 aliphatic rings. The Morgan fingerprint density at radius 2 is 1.85 bits per heavy atom. The van der Waals surface area contributed by atoms with Crippen molar-refractivity contribution in [3.8, 4) is 0 Å². The van der Waals surface area contributed by atoms with Crippen molar-refractivity contribution >= 4 is 11.8 Å². The Hall–Kier alpha value is -0.430. The summed E-state index contributed by atoms with van der Waals surface area (Å²) in [5.41, 5.74) is 1.46. The lowest BCUT2D eigenvalue weighted by atomic mass is 10.1. The van der Waals surface area contributed by atoms with Crippen LogP contribution in [0.1, 0.15) is 18.4 Å². The second kappa shape index (κ2) is 7.02. The number of rotatable bonds is 6. The van der Waals surface area contributed by atoms with Crippen molar-refractivity contribution in [3.05, 3.63) is 42.8 Å². The minimum Gasteiger partial charge on any atom is -0.162 e. The van der Waals surface area contributed by atoms with Crippen molar-refractivity contribution in [3.63, 3.8) is 0 Å². The van der Waals surface area contributed by atoms with Crippen LogP contribution in [0.5, 0.6) is 0 Å². The maximum Gasteiger partial charge on any atom is -0.00644 e. The Labute approximate surface area is 85.7 Å². The fourth-order valence-corrected chi connectivity index (χ4v) is 1.98. The third kappa shape index (κ3) is 4.99. The first-order valence-corrected chi connectivity index (χ1v) is 6.00. The van der Waals surface area contributed by atoms with Gasteiger partial charge in [-0.1, -0.05) is 37.3 Å². The molecule has 1 radical (unpaired) electrons. The van der Waals surface area contributed by atoms with Gasteiger partial charge in [0, 0.05) is 0 Å². The molecule has 71 valence electrons. The Morgan fingerprint density at radius 3 is 2.54 bits per heavy atom. The summed E-state index contributed by atoms with van der Waals surface area (Å²) >= 11 is 2.01. The number of hydrogen-bond donors (Lipinski definition) is 0. The molecule has 0 heterocycles. The lowest BCUT2D eigenvalue weighted by molar-refractivity contribution is 0.932. The van der Waals surface area contributed by atoms with Crippen molar-refractivity contribution in [2.24, 2.45) is 0 Å². The molecule has 0 aromatic heterocycles. The molecular weight excluding hydrogens is 176 g/mol. The van der Waals surface area contributed by atoms with E-state index in [0.717, 1.165) is 6.42 Å². The molecule has 0 aliphatic heterocycles. The molecule has 0 aliphatic carbocycles. The third-order valence-corrected chi connectivity index (χ3v) is 3.04. The van der Waals surface area contributed by atoms with Crippen LogP contribution in [0.3, 0.4) is 0 Å². The predicted molar refractivity (Wildman–Crippen MR) is 62.1 cm³/mol. The molecule has 0 nitrogen and oxygen atoms in total. The highest BCUT2D eigenvalue weighted by atomic mass is 32.2. The van der Waals surface area contributed by atoms with Crippen LogP contribution in [-0.2, 0) is 6.42 Å². The molecule has 0 saturated carbocycles. The summed E-state index contributed by atoms with van der Waals surface area (Å²) < 4.78 is 0. The van der Waals surface area contributed by atoms with E-state index in [0.29, 0.717) is 0 Å². The van der Waals surface area contributed by atoms with E-state index in [1.807, 2.05) is 11.8 Å². The monoisotopic (exact) mass is 193 g/mol. The van der Waals surface area contributed by atoms with Gasteiger partial charge >= 0.3 is 0 Å². The highest BCUT2D eigenvalue weighted by Crippen LogP contribution is 2.08. The molecule has 0 atom stereocenters. The van der Waals surface area contributed by atoms with Crippen LogP contribution in [-0.4, -0.2) is 11.5 Å². The summed E-state index contributed by atoms with van der Waals surface area (Å²) in [7, 11) is 0. The molecule has 1 aromatic rings. The smallest absolute Gasteiger partial charge is 0.00644 e. The maximum absolute atomic E-state index is 3.82. The predicted octanol–water partition coefficient (Wildman–Crippen LogP) is 3.58. The van der Waals surface area contributed by atoms with Gasteiger partial charge in [0.25, 0.3) is 0 Å². The van der Waals surface area contributed by atoms with Crippen LogP contribution in [0.25, 0.3) is 0 Å². The van der Waals surface area contributed by atoms with Crippen molar-refractivity contribution in [2.45, 2.75) is 19.3 Å². The number of thioether (sulfide) groups is 1. The minimum absolute atomic E-state index is 1.05. The number of hydrogen-bond acceptors (Lipinski definition) is 1. The summed E-state index contributed by atoms with van der Waals surface area (Å²) in [6.45, 7) is 3.82. The third-order valence-electron chi connectivity index (χ3n) is 1.89. The Kier molecular flexibility index (Phi) is 5.75. The molecule has 1 rings (SSSR count). The molecule has 0 fully saturated rings. The average Bonchev–Trinajstić information content (AvgIpc) is 2.19. The van der Waals surface area contributed by atoms with E-state index in [1.165, 1.54) is 29.9 Å². The van der Waals surface area contributed by atoms with Crippen molar-refractivity contribution in [2.75, 3.05) is 11.5 Å². The van der Waals surface area contributed by atoms with Gasteiger partial charge in [-0.05, 0) is 36.3 Å². The molecule has 1 heteroatoms. The largest absolute Gasteiger partial charge is 0.162 e. The Balaban J connectivity index is 2.07. The minimum atomic E-state index is 1.05. The van der Waals surface area contributed by atoms with Gasteiger partial charge in [0.1, 0.15) is 0 Å². The van der Waals surface area contributed by atoms with Gasteiger partial charge in [0.2, 0.25) is 0 Å². The zero-order valence-corrected chi connectivity index (χ0v) is 8.85. The van der Waals surface area contributed by atoms with Gasteiger partial charge in [-0.25, -0.2) is 0 Å². The quantitative estimate of drug-likeness (QED) is 0.622. The second-order valence-electron chi connectivity index (χ2n) is 3.06. The summed E-state index contributed by atoms with van der Waals surface area (Å²) in [5.74, 6) is 2.47. The van der Waals surface area contributed by atoms with E-state index in [1.54, 1.807) is 0 Å². The highest BCUT2D eigenvalue weighted by molar-refractivity contribution is 7.99. The lowest BCUT2D eigenvalue weighted by Gasteiger charge is -2.00. The van der Waals surface area contributed by atoms with Crippen molar-refractivity contribution in [1.82, 2.24) is 0 Å². The van der Waals surface area contributed by atoms with Crippen LogP contribution >= 0.6 is 11.8 Å². The van der Waals surface area contributed by atoms with Gasteiger partial charge in [-0.15, -0.1) is 0 Å². The molecule has 0 unspecified atom stereocenters. The Morgan fingerprint density at radius 1 is 1.08 bits per heavy atom. The fraction of sp³-hybridized carbons (Fsp3) is 0.417. The van der Waals surface area contributed by atoms with Crippen LogP contribution in [0.2, 0.25) is 0 Å². The van der Waals surface area contributed by atoms with Crippen LogP contribution in [0.4, 0.5) is 0 Å². The van der Waals surface area contributed by atoms with Gasteiger partial charge in [-0.2, -0.15) is 11.8 Å². The van der Waals surface area contributed by atoms with E-state index in [9.17, 15) is 0 Å². The zero-order chi connectivity index (χ0) is 9.36. The summed E-state index contributed by atoms with van der Waals surface area (Å²) in [4.78, 5) is 0. The molecule has 1 aromatic carbocycles. The van der Waals surface area contributed by atoms with Gasteiger partial charge in [-0.3, -0.25) is 0 Å². The molecule has 13 heavy (non-hydrogen) atoms. The lowest BCUT2D eigenvalue weighted by Crippen LogP contribution is -1.88. The number of aryl methyl sites for hydroxylation is 1. The first-order chi connectivity index (χ1) is 6.43. The highest BCUT2D eigenvalue weighted by Gasteiger charge is 1.91. The Bertz CT molecular complexity index is 206. The molecular formula is C12H17S. The van der Waals surface area contributed by atoms with Crippen molar-refractivity contribution < 1.29 is 0 Å². The topological polar surface area (TPSA) is 0 Å². The van der Waals surface area contributed by atoms with E-state index >= 15 is 0 Å². The SMILES string of the molecule is [CH2]CCSCCCc1ccccc1. The molecule has 0 spiro atoms. The average molecular weight is 193 g/mol. The maximum atomic E-state index is 3.82. The summed E-state index contributed by atoms with van der Waals surface area (Å²) in [6, 6.07) is 10.7. The molecule has 0 amide bonds. The van der Waals surface area contributed by atoms with E-state index in [4.69, 9.17) is 0 Å². The second-order valence-corrected chi connectivity index (χ2v) is 4.28. The van der Waals surface area contributed by atoms with Crippen LogP contribution in [0.15, 0.2) is 30.3 Å². The zero-order valence-electron chi connectivity index (χ0n) is 8.04. The van der Waals surface area contributed by atoms with E-state index in [2.05, 4.69) is 37.3 Å². The van der Waals surface area contributed by atoms with E-state index in [-0.39, 0.29) is 0 Å². The van der Waals surface area contributed by atoms with Gasteiger partial charge in [0.05, 0.1) is 0 Å². The first-order valence-electron chi connectivity index (χ1n) is 4.84. The number of benzene rings is 1. The van der Waals surface area contributed by atoms with Crippen molar-refractivity contribution in [1.29, 1.82) is 0 Å². The first kappa shape index (κ1) is 10.6. The van der Waals surface area contributed by atoms with Crippen LogP contribution in [0, 0.1) is 6.92 Å².